The van der Waals surface area contributed by atoms with Crippen molar-refractivity contribution in [3.8, 4) is 0 Å². The molecule has 60 valence electrons. The molecule has 0 aromatic rings. The minimum atomic E-state index is -0.741. The van der Waals surface area contributed by atoms with E-state index in [1.165, 1.54) is 0 Å². The molecule has 0 spiro atoms. The Kier molecular flexibility index (Phi) is 3.15. The Morgan fingerprint density at radius 1 is 1.70 bits per heavy atom. The van der Waals surface area contributed by atoms with Crippen molar-refractivity contribution in [1.82, 2.24) is 5.32 Å². The zero-order valence-electron chi connectivity index (χ0n) is 6.68. The second-order valence-electron chi connectivity index (χ2n) is 2.77. The molecule has 0 saturated carbocycles. The standard InChI is InChI=1S/C6H15N3O/c1-6(2,10)4-9-5(7)8-3/h10H,4H2,1-3H3,(H3,7,8,9). The molecular weight excluding hydrogens is 130 g/mol. The average molecular weight is 145 g/mol. The number of nitrogens with one attached hydrogen (secondary N) is 1. The normalized spacial score (nSPS) is 13.4. The Morgan fingerprint density at radius 2 is 2.20 bits per heavy atom. The monoisotopic (exact) mass is 145 g/mol. The Morgan fingerprint density at radius 3 is 2.50 bits per heavy atom. The molecule has 0 aliphatic carbocycles. The van der Waals surface area contributed by atoms with E-state index in [4.69, 9.17) is 5.73 Å². The first kappa shape index (κ1) is 9.23. The highest BCUT2D eigenvalue weighted by Gasteiger charge is 2.11. The summed E-state index contributed by atoms with van der Waals surface area (Å²) in [7, 11) is 1.59. The fourth-order valence-electron chi connectivity index (χ4n) is 0.386. The van der Waals surface area contributed by atoms with Gasteiger partial charge >= 0.3 is 0 Å². The molecule has 0 saturated heterocycles. The predicted octanol–water partition coefficient (Wildman–Crippen LogP) is -0.709. The Hall–Kier alpha value is -0.770. The van der Waals surface area contributed by atoms with Crippen LogP contribution in [-0.2, 0) is 0 Å². The van der Waals surface area contributed by atoms with Crippen LogP contribution in [0.3, 0.4) is 0 Å². The van der Waals surface area contributed by atoms with Gasteiger partial charge in [-0.05, 0) is 13.8 Å². The van der Waals surface area contributed by atoms with Crippen LogP contribution in [0.4, 0.5) is 0 Å². The summed E-state index contributed by atoms with van der Waals surface area (Å²) < 4.78 is 0. The molecule has 0 amide bonds. The first-order chi connectivity index (χ1) is 4.45. The van der Waals surface area contributed by atoms with Crippen molar-refractivity contribution in [3.63, 3.8) is 0 Å². The summed E-state index contributed by atoms with van der Waals surface area (Å²) in [6, 6.07) is 0. The molecule has 0 atom stereocenters. The number of rotatable bonds is 2. The maximum atomic E-state index is 9.19. The fourth-order valence-corrected chi connectivity index (χ4v) is 0.386. The summed E-state index contributed by atoms with van der Waals surface area (Å²) in [6.07, 6.45) is 0. The number of aliphatic hydroxyl groups is 1. The highest BCUT2D eigenvalue weighted by molar-refractivity contribution is 5.77. The molecule has 0 aromatic heterocycles. The van der Waals surface area contributed by atoms with Gasteiger partial charge in [0.15, 0.2) is 5.96 Å². The number of aliphatic imine (C=N–C) groups is 1. The lowest BCUT2D eigenvalue weighted by molar-refractivity contribution is 0.0848. The molecule has 0 radical (unpaired) electrons. The van der Waals surface area contributed by atoms with Crippen LogP contribution in [0.2, 0.25) is 0 Å². The first-order valence-corrected chi connectivity index (χ1v) is 3.14. The summed E-state index contributed by atoms with van der Waals surface area (Å²) in [5, 5.41) is 11.9. The van der Waals surface area contributed by atoms with E-state index in [0.717, 1.165) is 0 Å². The number of hydrogen-bond acceptors (Lipinski definition) is 2. The molecular formula is C6H15N3O. The predicted molar refractivity (Wildman–Crippen MR) is 41.8 cm³/mol. The summed E-state index contributed by atoms with van der Waals surface area (Å²) in [6.45, 7) is 3.81. The quantitative estimate of drug-likeness (QED) is 0.355. The van der Waals surface area contributed by atoms with Crippen LogP contribution in [-0.4, -0.2) is 30.3 Å². The minimum Gasteiger partial charge on any atom is -0.389 e. The van der Waals surface area contributed by atoms with Gasteiger partial charge in [0, 0.05) is 13.6 Å². The smallest absolute Gasteiger partial charge is 0.188 e. The molecule has 0 aliphatic heterocycles. The van der Waals surface area contributed by atoms with E-state index in [0.29, 0.717) is 12.5 Å². The highest BCUT2D eigenvalue weighted by Crippen LogP contribution is 1.96. The van der Waals surface area contributed by atoms with Crippen LogP contribution in [0, 0.1) is 0 Å². The maximum absolute atomic E-state index is 9.19. The molecule has 0 aromatic carbocycles. The van der Waals surface area contributed by atoms with E-state index in [2.05, 4.69) is 10.3 Å². The van der Waals surface area contributed by atoms with Gasteiger partial charge in [-0.15, -0.1) is 0 Å². The second-order valence-corrected chi connectivity index (χ2v) is 2.77. The van der Waals surface area contributed by atoms with E-state index >= 15 is 0 Å². The van der Waals surface area contributed by atoms with Crippen molar-refractivity contribution < 1.29 is 5.11 Å². The van der Waals surface area contributed by atoms with E-state index in [1.54, 1.807) is 20.9 Å². The van der Waals surface area contributed by atoms with Crippen molar-refractivity contribution in [2.24, 2.45) is 10.7 Å². The molecule has 4 nitrogen and oxygen atoms in total. The van der Waals surface area contributed by atoms with Crippen LogP contribution >= 0.6 is 0 Å². The lowest BCUT2D eigenvalue weighted by Gasteiger charge is -2.17. The number of hydrogen-bond donors (Lipinski definition) is 3. The third-order valence-corrected chi connectivity index (χ3v) is 0.943. The van der Waals surface area contributed by atoms with E-state index in [9.17, 15) is 5.11 Å². The molecule has 0 aliphatic rings. The third-order valence-electron chi connectivity index (χ3n) is 0.943. The summed E-state index contributed by atoms with van der Waals surface area (Å²) in [4.78, 5) is 3.66. The van der Waals surface area contributed by atoms with E-state index in [1.807, 2.05) is 0 Å². The molecule has 0 heterocycles. The van der Waals surface area contributed by atoms with Crippen LogP contribution in [0.1, 0.15) is 13.8 Å². The molecule has 0 unspecified atom stereocenters. The number of nitrogens with two attached hydrogens (primary N) is 1. The number of guanidine groups is 1. The summed E-state index contributed by atoms with van der Waals surface area (Å²) in [5.41, 5.74) is 4.57. The summed E-state index contributed by atoms with van der Waals surface area (Å²) >= 11 is 0. The van der Waals surface area contributed by atoms with Gasteiger partial charge in [0.1, 0.15) is 0 Å². The fraction of sp³-hybridized carbons (Fsp3) is 0.833. The van der Waals surface area contributed by atoms with Gasteiger partial charge in [-0.2, -0.15) is 0 Å². The zero-order valence-corrected chi connectivity index (χ0v) is 6.68. The summed E-state index contributed by atoms with van der Waals surface area (Å²) in [5.74, 6) is 0.349. The average Bonchev–Trinajstić information content (AvgIpc) is 1.81. The number of nitrogens with zero attached hydrogens (tertiary/aromatic N) is 1. The van der Waals surface area contributed by atoms with Gasteiger partial charge in [-0.1, -0.05) is 0 Å². The van der Waals surface area contributed by atoms with Crippen molar-refractivity contribution in [1.29, 1.82) is 0 Å². The SMILES string of the molecule is CN=C(N)NCC(C)(C)O. The highest BCUT2D eigenvalue weighted by atomic mass is 16.3. The molecule has 10 heavy (non-hydrogen) atoms. The Balaban J connectivity index is 3.56. The lowest BCUT2D eigenvalue weighted by atomic mass is 10.1. The Bertz CT molecular complexity index is 125. The van der Waals surface area contributed by atoms with Crippen molar-refractivity contribution in [2.45, 2.75) is 19.4 Å². The second kappa shape index (κ2) is 3.41. The van der Waals surface area contributed by atoms with Crippen LogP contribution < -0.4 is 11.1 Å². The van der Waals surface area contributed by atoms with Crippen molar-refractivity contribution in [2.75, 3.05) is 13.6 Å². The zero-order chi connectivity index (χ0) is 8.20. The van der Waals surface area contributed by atoms with Gasteiger partial charge in [-0.25, -0.2) is 0 Å². The van der Waals surface area contributed by atoms with Crippen molar-refractivity contribution >= 4 is 5.96 Å². The minimum absolute atomic E-state index is 0.349. The van der Waals surface area contributed by atoms with Crippen LogP contribution in [0.15, 0.2) is 4.99 Å². The Labute approximate surface area is 61.1 Å². The molecule has 0 rings (SSSR count). The molecule has 0 bridgehead atoms. The molecule has 4 heteroatoms. The van der Waals surface area contributed by atoms with Crippen LogP contribution in [0.5, 0.6) is 0 Å². The van der Waals surface area contributed by atoms with Gasteiger partial charge in [0.25, 0.3) is 0 Å². The van der Waals surface area contributed by atoms with Gasteiger partial charge < -0.3 is 16.2 Å². The topological polar surface area (TPSA) is 70.6 Å². The van der Waals surface area contributed by atoms with Crippen molar-refractivity contribution in [3.05, 3.63) is 0 Å². The molecule has 4 N–H and O–H groups in total. The molecule has 0 fully saturated rings. The van der Waals surface area contributed by atoms with Gasteiger partial charge in [0.05, 0.1) is 5.60 Å². The third kappa shape index (κ3) is 5.37. The lowest BCUT2D eigenvalue weighted by Crippen LogP contribution is -2.41. The van der Waals surface area contributed by atoms with E-state index < -0.39 is 5.60 Å². The van der Waals surface area contributed by atoms with Gasteiger partial charge in [-0.3, -0.25) is 4.99 Å². The largest absolute Gasteiger partial charge is 0.389 e. The van der Waals surface area contributed by atoms with Crippen LogP contribution in [0.25, 0.3) is 0 Å². The first-order valence-electron chi connectivity index (χ1n) is 3.14. The van der Waals surface area contributed by atoms with E-state index in [-0.39, 0.29) is 0 Å². The maximum Gasteiger partial charge on any atom is 0.188 e. The van der Waals surface area contributed by atoms with Gasteiger partial charge in [0.2, 0.25) is 0 Å².